The van der Waals surface area contributed by atoms with Gasteiger partial charge in [0, 0.05) is 89.9 Å². The van der Waals surface area contributed by atoms with Crippen LogP contribution in [0.2, 0.25) is 0 Å². The van der Waals surface area contributed by atoms with E-state index in [2.05, 4.69) is 105 Å². The Kier molecular flexibility index (Phi) is 63.7. The highest BCUT2D eigenvalue weighted by molar-refractivity contribution is 5.59. The van der Waals surface area contributed by atoms with Gasteiger partial charge in [0.05, 0.1) is 0 Å². The van der Waals surface area contributed by atoms with E-state index < -0.39 is 0 Å². The normalized spacial score (nSPS) is 15.6. The maximum atomic E-state index is 3.42. The van der Waals surface area contributed by atoms with Gasteiger partial charge in [0.15, 0.2) is 0 Å². The molecule has 3 aromatic rings. The molecule has 0 atom stereocenters. The molecule has 3 aliphatic heterocycles. The van der Waals surface area contributed by atoms with E-state index in [1.807, 2.05) is 138 Å². The number of aryl methyl sites for hydroxylation is 4. The van der Waals surface area contributed by atoms with Crippen LogP contribution in [0.5, 0.6) is 0 Å². The predicted molar refractivity (Wildman–Crippen MR) is 328 cm³/mol. The monoisotopic (exact) mass is 979 g/mol. The van der Waals surface area contributed by atoms with Crippen molar-refractivity contribution in [3.05, 3.63) is 94.0 Å². The lowest BCUT2D eigenvalue weighted by molar-refractivity contribution is 0.291. The molecule has 0 radical (unpaired) electrons. The molecule has 0 saturated carbocycles. The topological polar surface area (TPSA) is 37.0 Å². The Balaban J connectivity index is -0.000000246. The summed E-state index contributed by atoms with van der Waals surface area (Å²) < 4.78 is 0. The lowest BCUT2D eigenvalue weighted by Gasteiger charge is -2.36. The van der Waals surface area contributed by atoms with Crippen LogP contribution in [-0.4, -0.2) is 102 Å². The van der Waals surface area contributed by atoms with Crippen molar-refractivity contribution in [3.8, 4) is 0 Å². The summed E-state index contributed by atoms with van der Waals surface area (Å²) in [6.45, 7) is 54.1. The molecule has 3 heterocycles. The van der Waals surface area contributed by atoms with Gasteiger partial charge in [0.1, 0.15) is 0 Å². The lowest BCUT2D eigenvalue weighted by atomic mass is 9.90. The number of piperazine rings is 3. The molecule has 70 heavy (non-hydrogen) atoms. The molecule has 412 valence electrons. The van der Waals surface area contributed by atoms with Gasteiger partial charge in [-0.1, -0.05) is 187 Å². The van der Waals surface area contributed by atoms with Gasteiger partial charge in [-0.3, -0.25) is 0 Å². The van der Waals surface area contributed by atoms with Crippen molar-refractivity contribution in [1.82, 2.24) is 20.4 Å². The Bertz CT molecular complexity index is 1410. The average molecular weight is 980 g/mol. The number of anilines is 2. The van der Waals surface area contributed by atoms with Crippen LogP contribution in [0.4, 0.5) is 11.4 Å². The van der Waals surface area contributed by atoms with E-state index in [0.717, 1.165) is 39.3 Å². The summed E-state index contributed by atoms with van der Waals surface area (Å²) in [7, 11) is 4.37. The van der Waals surface area contributed by atoms with Crippen molar-refractivity contribution in [1.29, 1.82) is 0 Å². The molecule has 6 aliphatic rings. The van der Waals surface area contributed by atoms with E-state index in [9.17, 15) is 0 Å². The van der Waals surface area contributed by atoms with E-state index >= 15 is 0 Å². The first kappa shape index (κ1) is 76.0. The molecule has 2 N–H and O–H groups in total. The summed E-state index contributed by atoms with van der Waals surface area (Å²) in [5.41, 5.74) is 12.7. The molecule has 0 amide bonds. The minimum absolute atomic E-state index is 1.13. The van der Waals surface area contributed by atoms with E-state index in [0.29, 0.717) is 0 Å². The third kappa shape index (κ3) is 32.2. The third-order valence-corrected chi connectivity index (χ3v) is 11.6. The standard InChI is InChI=1S/C15H22N2.C14H20N2.C10H12.C5H12N2.10C2H6/c1-16-9-11-17(12-10-16)15-8-4-6-13-5-2-3-7-14(13)15;1-2-6-13-12(4-1)5-3-7-14(13)16-10-8-15-9-11-16;1-2-6-10-8-4-3-7-9(10)5-1;1-7-4-2-6-3-5-7;10*1-2/h4,6,8H,2-3,5,7,9-12H2,1H3;3,5,7,15H,1-2,4,6,8-11H2;1-2,5-6H,3-4,7-8H2;6H,2-5H2,1H3;10*1-2H3. The quantitative estimate of drug-likeness (QED) is 0.267. The summed E-state index contributed by atoms with van der Waals surface area (Å²) in [5, 5.41) is 6.70. The first-order valence-electron chi connectivity index (χ1n) is 30.2. The molecular formula is C64H126N6. The summed E-state index contributed by atoms with van der Waals surface area (Å²) in [6, 6.07) is 22.6. The van der Waals surface area contributed by atoms with Crippen molar-refractivity contribution >= 4 is 11.4 Å². The Hall–Kier alpha value is -2.90. The minimum Gasteiger partial charge on any atom is -0.369 e. The van der Waals surface area contributed by atoms with Gasteiger partial charge >= 0.3 is 0 Å². The van der Waals surface area contributed by atoms with E-state index in [4.69, 9.17) is 0 Å². The molecule has 0 bridgehead atoms. The van der Waals surface area contributed by atoms with E-state index in [-0.39, 0.29) is 0 Å². The Morgan fingerprint density at radius 3 is 0.886 bits per heavy atom. The highest BCUT2D eigenvalue weighted by Gasteiger charge is 2.21. The zero-order valence-electron chi connectivity index (χ0n) is 51.5. The Morgan fingerprint density at radius 1 is 0.286 bits per heavy atom. The van der Waals surface area contributed by atoms with Gasteiger partial charge < -0.3 is 30.2 Å². The van der Waals surface area contributed by atoms with Gasteiger partial charge in [0.2, 0.25) is 0 Å². The zero-order chi connectivity index (χ0) is 54.4. The molecule has 0 aromatic heterocycles. The summed E-state index contributed by atoms with van der Waals surface area (Å²) in [5.74, 6) is 0. The number of likely N-dealkylation sites (N-methyl/N-ethyl adjacent to an activating group) is 2. The number of hydrogen-bond donors (Lipinski definition) is 2. The second-order valence-corrected chi connectivity index (χ2v) is 15.3. The molecule has 3 fully saturated rings. The maximum Gasteiger partial charge on any atom is 0.0402 e. The second-order valence-electron chi connectivity index (χ2n) is 15.3. The number of fused-ring (bicyclic) bond motifs is 3. The van der Waals surface area contributed by atoms with Gasteiger partial charge in [-0.05, 0) is 137 Å². The van der Waals surface area contributed by atoms with Crippen LogP contribution in [0.15, 0.2) is 60.7 Å². The highest BCUT2D eigenvalue weighted by atomic mass is 15.2. The van der Waals surface area contributed by atoms with Gasteiger partial charge in [-0.25, -0.2) is 0 Å². The summed E-state index contributed by atoms with van der Waals surface area (Å²) >= 11 is 0. The molecule has 0 unspecified atom stereocenters. The molecule has 3 aromatic carbocycles. The maximum absolute atomic E-state index is 3.42. The lowest BCUT2D eigenvalue weighted by Crippen LogP contribution is -2.45. The largest absolute Gasteiger partial charge is 0.369 e. The van der Waals surface area contributed by atoms with Crippen LogP contribution in [0, 0.1) is 0 Å². The van der Waals surface area contributed by atoms with Crippen LogP contribution in [0.25, 0.3) is 0 Å². The number of benzene rings is 3. The van der Waals surface area contributed by atoms with Crippen molar-refractivity contribution in [2.45, 2.75) is 216 Å². The van der Waals surface area contributed by atoms with Crippen molar-refractivity contribution in [2.75, 3.05) is 102 Å². The molecular weight excluding hydrogens is 853 g/mol. The number of nitrogens with zero attached hydrogens (tertiary/aromatic N) is 4. The minimum atomic E-state index is 1.13. The average Bonchev–Trinajstić information content (AvgIpc) is 3.49. The number of hydrogen-bond acceptors (Lipinski definition) is 6. The zero-order valence-corrected chi connectivity index (χ0v) is 51.5. The predicted octanol–water partition coefficient (Wildman–Crippen LogP) is 16.6. The van der Waals surface area contributed by atoms with Crippen molar-refractivity contribution in [2.24, 2.45) is 0 Å². The molecule has 3 saturated heterocycles. The first-order chi connectivity index (χ1) is 34.7. The summed E-state index contributed by atoms with van der Waals surface area (Å²) in [6.07, 6.45) is 16.0. The van der Waals surface area contributed by atoms with Crippen LogP contribution in [-0.2, 0) is 38.5 Å². The van der Waals surface area contributed by atoms with Gasteiger partial charge in [0.25, 0.3) is 0 Å². The molecule has 6 nitrogen and oxygen atoms in total. The third-order valence-electron chi connectivity index (χ3n) is 11.6. The fourth-order valence-electron chi connectivity index (χ4n) is 8.52. The fraction of sp³-hybridized carbons (Fsp3) is 0.719. The Labute approximate surface area is 442 Å². The van der Waals surface area contributed by atoms with Crippen molar-refractivity contribution < 1.29 is 0 Å². The van der Waals surface area contributed by atoms with Gasteiger partial charge in [-0.2, -0.15) is 0 Å². The SMILES string of the molecule is CC.CC.CC.CC.CC.CC.CC.CC.CC.CC.CN1CCN(c2cccc3c2CCCC3)CC1.CN1CCNCC1.c1cc2c(c(N3CCNCC3)c1)CCCC2.c1ccc2c(c1)CCCC2. The van der Waals surface area contributed by atoms with Crippen LogP contribution in [0.1, 0.15) is 210 Å². The number of nitrogens with one attached hydrogen (secondary N) is 2. The molecule has 0 spiro atoms. The van der Waals surface area contributed by atoms with E-state index in [1.54, 1.807) is 33.4 Å². The first-order valence-corrected chi connectivity index (χ1v) is 30.2. The molecule has 9 rings (SSSR count). The van der Waals surface area contributed by atoms with Crippen LogP contribution in [0.3, 0.4) is 0 Å². The highest BCUT2D eigenvalue weighted by Crippen LogP contribution is 2.32. The fourth-order valence-corrected chi connectivity index (χ4v) is 8.52. The molecule has 6 heteroatoms. The molecule has 3 aliphatic carbocycles. The number of rotatable bonds is 2. The smallest absolute Gasteiger partial charge is 0.0402 e. The van der Waals surface area contributed by atoms with Gasteiger partial charge in [-0.15, -0.1) is 0 Å². The second kappa shape index (κ2) is 58.7. The van der Waals surface area contributed by atoms with E-state index in [1.165, 1.54) is 128 Å². The van der Waals surface area contributed by atoms with Crippen LogP contribution >= 0.6 is 0 Å². The van der Waals surface area contributed by atoms with Crippen molar-refractivity contribution in [3.63, 3.8) is 0 Å². The Morgan fingerprint density at radius 2 is 0.557 bits per heavy atom. The summed E-state index contributed by atoms with van der Waals surface area (Å²) in [4.78, 5) is 9.90. The van der Waals surface area contributed by atoms with Crippen LogP contribution < -0.4 is 20.4 Å².